The summed E-state index contributed by atoms with van der Waals surface area (Å²) in [5.74, 6) is 0.774. The van der Waals surface area contributed by atoms with Crippen LogP contribution < -0.4 is 9.47 Å². The van der Waals surface area contributed by atoms with Gasteiger partial charge in [0.15, 0.2) is 5.78 Å². The van der Waals surface area contributed by atoms with Crippen LogP contribution in [0.5, 0.6) is 11.5 Å². The van der Waals surface area contributed by atoms with E-state index in [0.29, 0.717) is 21.8 Å². The van der Waals surface area contributed by atoms with E-state index in [1.54, 1.807) is 25.3 Å². The van der Waals surface area contributed by atoms with Crippen molar-refractivity contribution in [3.63, 3.8) is 0 Å². The summed E-state index contributed by atoms with van der Waals surface area (Å²) in [5, 5.41) is 0. The highest BCUT2D eigenvalue weighted by molar-refractivity contribution is 8.04. The first-order valence-electron chi connectivity index (χ1n) is 6.93. The Kier molecular flexibility index (Phi) is 4.21. The van der Waals surface area contributed by atoms with Crippen LogP contribution in [0, 0.1) is 0 Å². The van der Waals surface area contributed by atoms with Crippen molar-refractivity contribution in [3.8, 4) is 11.5 Å². The lowest BCUT2D eigenvalue weighted by Gasteiger charge is -2.17. The Labute approximate surface area is 138 Å². The molecule has 0 aromatic heterocycles. The molecule has 5 heteroatoms. The van der Waals surface area contributed by atoms with Crippen LogP contribution in [0.25, 0.3) is 0 Å². The lowest BCUT2D eigenvalue weighted by Crippen LogP contribution is -2.16. The molecule has 1 aliphatic carbocycles. The van der Waals surface area contributed by atoms with Gasteiger partial charge in [0.1, 0.15) is 11.5 Å². The van der Waals surface area contributed by atoms with Gasteiger partial charge >= 0.3 is 0 Å². The summed E-state index contributed by atoms with van der Waals surface area (Å²) in [6.07, 6.45) is 1.39. The zero-order valence-corrected chi connectivity index (χ0v) is 13.5. The van der Waals surface area contributed by atoms with Gasteiger partial charge in [-0.3, -0.25) is 9.59 Å². The summed E-state index contributed by atoms with van der Waals surface area (Å²) in [6.45, 7) is 0. The first-order chi connectivity index (χ1) is 11.1. The van der Waals surface area contributed by atoms with Crippen LogP contribution in [0.15, 0.2) is 58.3 Å². The topological polar surface area (TPSA) is 52.6 Å². The normalized spacial score (nSPS) is 13.4. The molecule has 4 nitrogen and oxygen atoms in total. The van der Waals surface area contributed by atoms with Gasteiger partial charge in [0.05, 0.1) is 24.7 Å². The lowest BCUT2D eigenvalue weighted by atomic mass is 9.94. The van der Waals surface area contributed by atoms with Gasteiger partial charge in [-0.15, -0.1) is 0 Å². The number of methoxy groups -OCH3 is 2. The quantitative estimate of drug-likeness (QED) is 0.856. The minimum absolute atomic E-state index is 0.186. The van der Waals surface area contributed by atoms with Gasteiger partial charge in [-0.05, 0) is 30.3 Å². The van der Waals surface area contributed by atoms with Gasteiger partial charge in [0.25, 0.3) is 0 Å². The fourth-order valence-corrected chi connectivity index (χ4v) is 3.26. The summed E-state index contributed by atoms with van der Waals surface area (Å²) in [7, 11) is 3.08. The highest BCUT2D eigenvalue weighted by Gasteiger charge is 2.29. The van der Waals surface area contributed by atoms with Crippen molar-refractivity contribution in [2.75, 3.05) is 14.2 Å². The third-order valence-electron chi connectivity index (χ3n) is 3.51. The third-order valence-corrected chi connectivity index (χ3v) is 4.54. The van der Waals surface area contributed by atoms with Crippen molar-refractivity contribution in [2.24, 2.45) is 0 Å². The number of carbonyl (C=O) groups excluding carboxylic acids is 2. The number of allylic oxidation sites excluding steroid dienone is 2. The molecule has 23 heavy (non-hydrogen) atoms. The van der Waals surface area contributed by atoms with E-state index < -0.39 is 0 Å². The molecule has 0 saturated carbocycles. The average Bonchev–Trinajstić information content (AvgIpc) is 2.59. The first-order valence-corrected chi connectivity index (χ1v) is 7.75. The molecule has 0 amide bonds. The molecule has 0 bridgehead atoms. The molecular weight excluding hydrogens is 312 g/mol. The largest absolute Gasteiger partial charge is 0.497 e. The van der Waals surface area contributed by atoms with Crippen LogP contribution >= 0.6 is 11.8 Å². The van der Waals surface area contributed by atoms with Crippen molar-refractivity contribution < 1.29 is 19.1 Å². The number of benzene rings is 2. The van der Waals surface area contributed by atoms with E-state index >= 15 is 0 Å². The molecule has 0 atom stereocenters. The van der Waals surface area contributed by atoms with Gasteiger partial charge in [0, 0.05) is 16.5 Å². The van der Waals surface area contributed by atoms with E-state index in [9.17, 15) is 9.59 Å². The second-order valence-corrected chi connectivity index (χ2v) is 5.98. The monoisotopic (exact) mass is 326 g/mol. The number of ketones is 2. The van der Waals surface area contributed by atoms with Crippen LogP contribution in [-0.2, 0) is 0 Å². The molecule has 116 valence electrons. The first kappa shape index (κ1) is 15.4. The van der Waals surface area contributed by atoms with Gasteiger partial charge in [-0.25, -0.2) is 0 Å². The van der Waals surface area contributed by atoms with Gasteiger partial charge in [0.2, 0.25) is 5.78 Å². The Hall–Kier alpha value is -2.53. The van der Waals surface area contributed by atoms with Gasteiger partial charge in [-0.2, -0.15) is 0 Å². The van der Waals surface area contributed by atoms with Crippen molar-refractivity contribution in [1.82, 2.24) is 0 Å². The average molecular weight is 326 g/mol. The summed E-state index contributed by atoms with van der Waals surface area (Å²) in [5.41, 5.74) is 0.715. The Balaban J connectivity index is 1.95. The maximum Gasteiger partial charge on any atom is 0.204 e. The van der Waals surface area contributed by atoms with E-state index in [4.69, 9.17) is 9.47 Å². The number of fused-ring (bicyclic) bond motifs is 1. The van der Waals surface area contributed by atoms with Crippen LogP contribution in [-0.4, -0.2) is 25.8 Å². The van der Waals surface area contributed by atoms with Crippen molar-refractivity contribution in [1.29, 1.82) is 0 Å². The highest BCUT2D eigenvalue weighted by Crippen LogP contribution is 2.37. The van der Waals surface area contributed by atoms with Crippen molar-refractivity contribution >= 4 is 23.3 Å². The molecule has 2 aromatic rings. The smallest absolute Gasteiger partial charge is 0.204 e. The molecule has 0 saturated heterocycles. The molecule has 0 heterocycles. The molecule has 1 aliphatic rings. The minimum Gasteiger partial charge on any atom is -0.497 e. The summed E-state index contributed by atoms with van der Waals surface area (Å²) >= 11 is 1.26. The minimum atomic E-state index is -0.196. The molecular formula is C18H14O4S. The number of rotatable bonds is 4. The van der Waals surface area contributed by atoms with E-state index in [0.717, 1.165) is 10.6 Å². The SMILES string of the molecule is COc1ccc(SC2=CC(=O)c3cccc(OC)c3C2=O)cc1. The number of ether oxygens (including phenoxy) is 2. The Morgan fingerprint density at radius 1 is 0.913 bits per heavy atom. The molecule has 2 aromatic carbocycles. The number of hydrogen-bond donors (Lipinski definition) is 0. The number of Topliss-reactive ketones (excluding diaryl/α,β-unsaturated/α-hetero) is 1. The highest BCUT2D eigenvalue weighted by atomic mass is 32.2. The molecule has 0 aliphatic heterocycles. The van der Waals surface area contributed by atoms with E-state index in [2.05, 4.69) is 0 Å². The molecule has 0 fully saturated rings. The second kappa shape index (κ2) is 6.30. The van der Waals surface area contributed by atoms with E-state index in [1.807, 2.05) is 24.3 Å². The maximum atomic E-state index is 12.7. The van der Waals surface area contributed by atoms with Gasteiger partial charge in [-0.1, -0.05) is 23.9 Å². The van der Waals surface area contributed by atoms with Crippen molar-refractivity contribution in [3.05, 3.63) is 64.6 Å². The second-order valence-electron chi connectivity index (χ2n) is 4.86. The number of hydrogen-bond acceptors (Lipinski definition) is 5. The molecule has 0 unspecified atom stereocenters. The van der Waals surface area contributed by atoms with E-state index in [-0.39, 0.29) is 11.6 Å². The number of thioether (sulfide) groups is 1. The van der Waals surface area contributed by atoms with Crippen LogP contribution in [0.4, 0.5) is 0 Å². The molecule has 0 N–H and O–H groups in total. The van der Waals surface area contributed by atoms with E-state index in [1.165, 1.54) is 24.9 Å². The Morgan fingerprint density at radius 2 is 1.65 bits per heavy atom. The zero-order chi connectivity index (χ0) is 16.4. The fourth-order valence-electron chi connectivity index (χ4n) is 2.37. The predicted molar refractivity (Wildman–Crippen MR) is 88.6 cm³/mol. The molecule has 0 radical (unpaired) electrons. The standard InChI is InChI=1S/C18H14O4S/c1-21-11-6-8-12(9-7-11)23-16-10-14(19)13-4-3-5-15(22-2)17(13)18(16)20/h3-10H,1-2H3. The third kappa shape index (κ3) is 2.87. The molecule has 0 spiro atoms. The summed E-state index contributed by atoms with van der Waals surface area (Å²) in [6, 6.07) is 12.4. The summed E-state index contributed by atoms with van der Waals surface area (Å²) in [4.78, 5) is 26.3. The predicted octanol–water partition coefficient (Wildman–Crippen LogP) is 3.76. The summed E-state index contributed by atoms with van der Waals surface area (Å²) < 4.78 is 10.3. The Morgan fingerprint density at radius 3 is 2.30 bits per heavy atom. The Bertz CT molecular complexity index is 806. The van der Waals surface area contributed by atoms with Crippen LogP contribution in [0.2, 0.25) is 0 Å². The van der Waals surface area contributed by atoms with Crippen LogP contribution in [0.1, 0.15) is 20.7 Å². The lowest BCUT2D eigenvalue weighted by molar-refractivity contribution is 0.0988. The molecule has 3 rings (SSSR count). The number of carbonyl (C=O) groups is 2. The van der Waals surface area contributed by atoms with Crippen LogP contribution in [0.3, 0.4) is 0 Å². The zero-order valence-electron chi connectivity index (χ0n) is 12.7. The van der Waals surface area contributed by atoms with Gasteiger partial charge < -0.3 is 9.47 Å². The maximum absolute atomic E-state index is 12.7. The fraction of sp³-hybridized carbons (Fsp3) is 0.111. The van der Waals surface area contributed by atoms with Crippen molar-refractivity contribution in [2.45, 2.75) is 4.90 Å².